The van der Waals surface area contributed by atoms with Gasteiger partial charge in [0.2, 0.25) is 0 Å². The minimum atomic E-state index is -4.51. The van der Waals surface area contributed by atoms with Crippen LogP contribution >= 0.6 is 0 Å². The Labute approximate surface area is 140 Å². The summed E-state index contributed by atoms with van der Waals surface area (Å²) >= 11 is 0. The first kappa shape index (κ1) is 18.6. The van der Waals surface area contributed by atoms with Crippen molar-refractivity contribution in [3.05, 3.63) is 29.3 Å². The summed E-state index contributed by atoms with van der Waals surface area (Å²) in [5.74, 6) is 0. The number of aliphatic hydroxyl groups is 1. The second-order valence-electron chi connectivity index (χ2n) is 6.12. The molecule has 1 aromatic carbocycles. The molecule has 1 aromatic rings. The first-order valence-electron chi connectivity index (χ1n) is 8.04. The van der Waals surface area contributed by atoms with Crippen molar-refractivity contribution in [1.29, 1.82) is 5.26 Å². The van der Waals surface area contributed by atoms with E-state index in [1.807, 2.05) is 11.9 Å². The van der Waals surface area contributed by atoms with Crippen LogP contribution in [0.25, 0.3) is 0 Å². The Kier molecular flexibility index (Phi) is 6.08. The Morgan fingerprint density at radius 2 is 2.00 bits per heavy atom. The molecule has 0 aliphatic carbocycles. The van der Waals surface area contributed by atoms with Gasteiger partial charge in [-0.15, -0.1) is 0 Å². The molecule has 1 aliphatic rings. The number of halogens is 3. The lowest BCUT2D eigenvalue weighted by Gasteiger charge is -2.38. The van der Waals surface area contributed by atoms with Crippen LogP contribution in [0.1, 0.15) is 30.4 Å². The molecule has 0 spiro atoms. The van der Waals surface area contributed by atoms with Crippen LogP contribution in [-0.4, -0.2) is 49.3 Å². The second kappa shape index (κ2) is 7.86. The molecule has 0 bridgehead atoms. The van der Waals surface area contributed by atoms with E-state index in [-0.39, 0.29) is 12.2 Å². The van der Waals surface area contributed by atoms with Crippen molar-refractivity contribution >= 4 is 5.69 Å². The topological polar surface area (TPSA) is 50.5 Å². The molecule has 1 heterocycles. The van der Waals surface area contributed by atoms with Crippen molar-refractivity contribution in [1.82, 2.24) is 4.90 Å². The maximum absolute atomic E-state index is 12.9. The number of aliphatic hydroxyl groups excluding tert-OH is 1. The van der Waals surface area contributed by atoms with Gasteiger partial charge in [-0.05, 0) is 44.5 Å². The third-order valence-electron chi connectivity index (χ3n) is 4.55. The monoisotopic (exact) mass is 341 g/mol. The van der Waals surface area contributed by atoms with E-state index in [2.05, 4.69) is 4.90 Å². The van der Waals surface area contributed by atoms with Crippen molar-refractivity contribution in [2.45, 2.75) is 31.5 Å². The second-order valence-corrected chi connectivity index (χ2v) is 6.12. The normalized spacial score (nSPS) is 16.5. The fraction of sp³-hybridized carbons (Fsp3) is 0.588. The van der Waals surface area contributed by atoms with Gasteiger partial charge in [-0.25, -0.2) is 0 Å². The lowest BCUT2D eigenvalue weighted by Crippen LogP contribution is -2.43. The summed E-state index contributed by atoms with van der Waals surface area (Å²) in [4.78, 5) is 4.25. The van der Waals surface area contributed by atoms with E-state index < -0.39 is 11.7 Å². The number of piperidine rings is 1. The Morgan fingerprint density at radius 3 is 2.54 bits per heavy atom. The number of hydrogen-bond donors (Lipinski definition) is 1. The first-order chi connectivity index (χ1) is 11.4. The largest absolute Gasteiger partial charge is 0.417 e. The molecule has 1 aliphatic heterocycles. The third kappa shape index (κ3) is 4.40. The molecule has 0 aromatic heterocycles. The van der Waals surface area contributed by atoms with Crippen molar-refractivity contribution in [2.24, 2.45) is 0 Å². The van der Waals surface area contributed by atoms with E-state index in [1.54, 1.807) is 6.07 Å². The molecule has 1 N–H and O–H groups in total. The predicted octanol–water partition coefficient (Wildman–Crippen LogP) is 2.86. The number of alkyl halides is 3. The van der Waals surface area contributed by atoms with E-state index in [4.69, 9.17) is 10.4 Å². The predicted molar refractivity (Wildman–Crippen MR) is 85.7 cm³/mol. The Hall–Kier alpha value is -1.78. The van der Waals surface area contributed by atoms with E-state index >= 15 is 0 Å². The highest BCUT2D eigenvalue weighted by Crippen LogP contribution is 2.34. The van der Waals surface area contributed by atoms with Gasteiger partial charge in [-0.1, -0.05) is 0 Å². The molecular weight excluding hydrogens is 319 g/mol. The number of benzene rings is 1. The van der Waals surface area contributed by atoms with Crippen molar-refractivity contribution in [3.8, 4) is 6.07 Å². The molecule has 0 atom stereocenters. The molecule has 4 nitrogen and oxygen atoms in total. The Bertz CT molecular complexity index is 590. The molecule has 132 valence electrons. The lowest BCUT2D eigenvalue weighted by atomic mass is 10.0. The van der Waals surface area contributed by atoms with Gasteiger partial charge in [0.05, 0.1) is 17.2 Å². The van der Waals surface area contributed by atoms with Gasteiger partial charge in [-0.3, -0.25) is 0 Å². The summed E-state index contributed by atoms with van der Waals surface area (Å²) in [5, 5.41) is 17.9. The third-order valence-corrected chi connectivity index (χ3v) is 4.55. The van der Waals surface area contributed by atoms with Crippen LogP contribution in [0, 0.1) is 11.3 Å². The fourth-order valence-electron chi connectivity index (χ4n) is 3.14. The van der Waals surface area contributed by atoms with Crippen molar-refractivity contribution in [3.63, 3.8) is 0 Å². The molecule has 1 fully saturated rings. The van der Waals surface area contributed by atoms with Gasteiger partial charge in [0, 0.05) is 38.0 Å². The highest BCUT2D eigenvalue weighted by molar-refractivity contribution is 5.55. The van der Waals surface area contributed by atoms with Crippen LogP contribution in [0.4, 0.5) is 18.9 Å². The quantitative estimate of drug-likeness (QED) is 0.895. The number of nitrogens with zero attached hydrogens (tertiary/aromatic N) is 3. The molecule has 24 heavy (non-hydrogen) atoms. The van der Waals surface area contributed by atoms with Gasteiger partial charge in [0.25, 0.3) is 0 Å². The van der Waals surface area contributed by atoms with Crippen LogP contribution in [0.5, 0.6) is 0 Å². The summed E-state index contributed by atoms with van der Waals surface area (Å²) in [6.07, 6.45) is -1.96. The van der Waals surface area contributed by atoms with Crippen LogP contribution in [-0.2, 0) is 6.18 Å². The molecular formula is C17H22F3N3O. The van der Waals surface area contributed by atoms with Crippen LogP contribution < -0.4 is 4.90 Å². The van der Waals surface area contributed by atoms with E-state index in [0.717, 1.165) is 45.0 Å². The highest BCUT2D eigenvalue weighted by atomic mass is 19.4. The van der Waals surface area contributed by atoms with Crippen LogP contribution in [0.15, 0.2) is 18.2 Å². The number of anilines is 1. The number of hydrogen-bond acceptors (Lipinski definition) is 4. The summed E-state index contributed by atoms with van der Waals surface area (Å²) in [6, 6.07) is 5.84. The average molecular weight is 341 g/mol. The molecule has 1 saturated heterocycles. The van der Waals surface area contributed by atoms with E-state index in [1.165, 1.54) is 12.1 Å². The SMILES string of the molecule is CN(CCCO)C1CCN(c2ccc(C(F)(F)F)c(C#N)c2)CC1. The van der Waals surface area contributed by atoms with Crippen LogP contribution in [0.2, 0.25) is 0 Å². The maximum Gasteiger partial charge on any atom is 0.417 e. The molecule has 0 amide bonds. The lowest BCUT2D eigenvalue weighted by molar-refractivity contribution is -0.137. The summed E-state index contributed by atoms with van der Waals surface area (Å²) in [5.41, 5.74) is -0.550. The van der Waals surface area contributed by atoms with E-state index in [0.29, 0.717) is 11.7 Å². The molecule has 0 saturated carbocycles. The van der Waals surface area contributed by atoms with Gasteiger partial charge in [0.15, 0.2) is 0 Å². The average Bonchev–Trinajstić information content (AvgIpc) is 2.58. The standard InChI is InChI=1S/C17H22F3N3O/c1-22(7-2-10-24)14-5-8-23(9-6-14)15-3-4-16(17(18,19)20)13(11-15)12-21/h3-4,11,14,24H,2,5-10H2,1H3. The highest BCUT2D eigenvalue weighted by Gasteiger charge is 2.34. The summed E-state index contributed by atoms with van der Waals surface area (Å²) < 4.78 is 38.6. The van der Waals surface area contributed by atoms with Crippen molar-refractivity contribution < 1.29 is 18.3 Å². The van der Waals surface area contributed by atoms with E-state index in [9.17, 15) is 13.2 Å². The minimum absolute atomic E-state index is 0.172. The molecule has 0 radical (unpaired) electrons. The van der Waals surface area contributed by atoms with Crippen LogP contribution in [0.3, 0.4) is 0 Å². The van der Waals surface area contributed by atoms with Gasteiger partial charge < -0.3 is 14.9 Å². The van der Waals surface area contributed by atoms with Gasteiger partial charge >= 0.3 is 6.18 Å². The van der Waals surface area contributed by atoms with Gasteiger partial charge in [0.1, 0.15) is 0 Å². The Morgan fingerprint density at radius 1 is 1.33 bits per heavy atom. The first-order valence-corrected chi connectivity index (χ1v) is 8.04. The number of nitriles is 1. The fourth-order valence-corrected chi connectivity index (χ4v) is 3.14. The zero-order valence-electron chi connectivity index (χ0n) is 13.7. The zero-order valence-corrected chi connectivity index (χ0v) is 13.7. The van der Waals surface area contributed by atoms with Gasteiger partial charge in [-0.2, -0.15) is 18.4 Å². The van der Waals surface area contributed by atoms with Crippen molar-refractivity contribution in [2.75, 3.05) is 38.2 Å². The molecule has 2 rings (SSSR count). The maximum atomic E-state index is 12.9. The molecule has 0 unspecified atom stereocenters. The summed E-state index contributed by atoms with van der Waals surface area (Å²) in [6.45, 7) is 2.49. The minimum Gasteiger partial charge on any atom is -0.396 e. The number of rotatable bonds is 5. The Balaban J connectivity index is 2.03. The zero-order chi connectivity index (χ0) is 17.7. The summed E-state index contributed by atoms with van der Waals surface area (Å²) in [7, 11) is 2.03. The molecule has 7 heteroatoms. The smallest absolute Gasteiger partial charge is 0.396 e.